The van der Waals surface area contributed by atoms with Crippen molar-refractivity contribution in [2.24, 2.45) is 0 Å². The Kier molecular flexibility index (Phi) is 2.21. The second-order valence-corrected chi connectivity index (χ2v) is 3.77. The maximum atomic E-state index is 9.36. The summed E-state index contributed by atoms with van der Waals surface area (Å²) in [7, 11) is 0. The van der Waals surface area contributed by atoms with Crippen molar-refractivity contribution in [3.8, 4) is 0 Å². The summed E-state index contributed by atoms with van der Waals surface area (Å²) < 4.78 is 0. The van der Waals surface area contributed by atoms with Crippen LogP contribution in [0.4, 0.5) is 0 Å². The van der Waals surface area contributed by atoms with Gasteiger partial charge < -0.3 is 10.1 Å². The molecule has 0 fully saturated rings. The highest BCUT2D eigenvalue weighted by Crippen LogP contribution is 2.24. The normalized spacial score (nSPS) is 13.4. The third-order valence-electron chi connectivity index (χ3n) is 2.26. The number of hydrogen-bond donors (Lipinski definition) is 2. The average Bonchev–Trinajstić information content (AvgIpc) is 2.56. The van der Waals surface area contributed by atoms with Crippen LogP contribution in [-0.2, 0) is 0 Å². The largest absolute Gasteiger partial charge is 0.385 e. The van der Waals surface area contributed by atoms with Crippen molar-refractivity contribution >= 4 is 22.6 Å². The number of nitrogens with zero attached hydrogens (tertiary/aromatic N) is 1. The number of nitrogens with one attached hydrogen (secondary N) is 1. The van der Waals surface area contributed by atoms with Crippen molar-refractivity contribution in [1.29, 1.82) is 0 Å². The maximum Gasteiger partial charge on any atom is 0.135 e. The van der Waals surface area contributed by atoms with Gasteiger partial charge in [0, 0.05) is 5.02 Å². The van der Waals surface area contributed by atoms with Gasteiger partial charge in [-0.3, -0.25) is 0 Å². The minimum Gasteiger partial charge on any atom is -0.385 e. The highest BCUT2D eigenvalue weighted by atomic mass is 35.5. The molecule has 0 radical (unpaired) electrons. The summed E-state index contributed by atoms with van der Waals surface area (Å²) >= 11 is 5.96. The van der Waals surface area contributed by atoms with Crippen LogP contribution in [0.1, 0.15) is 24.4 Å². The van der Waals surface area contributed by atoms with Crippen molar-refractivity contribution in [1.82, 2.24) is 9.97 Å². The predicted molar refractivity (Wildman–Crippen MR) is 56.5 cm³/mol. The third-order valence-corrected chi connectivity index (χ3v) is 2.67. The Hall–Kier alpha value is -1.06. The van der Waals surface area contributed by atoms with Gasteiger partial charge in [-0.25, -0.2) is 4.98 Å². The van der Waals surface area contributed by atoms with E-state index in [4.69, 9.17) is 11.6 Å². The first-order valence-electron chi connectivity index (χ1n) is 4.42. The second-order valence-electron chi connectivity index (χ2n) is 3.37. The van der Waals surface area contributed by atoms with Crippen molar-refractivity contribution in [2.75, 3.05) is 0 Å². The third kappa shape index (κ3) is 1.38. The van der Waals surface area contributed by atoms with Gasteiger partial charge in [0.25, 0.3) is 0 Å². The molecular weight excluding hydrogens is 200 g/mol. The van der Waals surface area contributed by atoms with Crippen LogP contribution in [-0.4, -0.2) is 15.1 Å². The molecule has 74 valence electrons. The average molecular weight is 211 g/mol. The standard InChI is InChI=1S/C10H11ClN2O/c1-5-7(11)3-4-8-9(5)13-10(12-8)6(2)14/h3-4,6,14H,1-2H3,(H,12,13)/t6-/m0/s1. The SMILES string of the molecule is Cc1c(Cl)ccc2[nH]c([C@H](C)O)nc12. The van der Waals surface area contributed by atoms with Crippen molar-refractivity contribution in [3.05, 3.63) is 28.5 Å². The van der Waals surface area contributed by atoms with E-state index in [1.807, 2.05) is 19.1 Å². The Balaban J connectivity index is 2.71. The molecule has 0 bridgehead atoms. The summed E-state index contributed by atoms with van der Waals surface area (Å²) in [5.41, 5.74) is 2.67. The van der Waals surface area contributed by atoms with E-state index in [1.165, 1.54) is 0 Å². The van der Waals surface area contributed by atoms with E-state index < -0.39 is 6.10 Å². The van der Waals surface area contributed by atoms with E-state index in [-0.39, 0.29) is 0 Å². The second kappa shape index (κ2) is 3.26. The number of aliphatic hydroxyl groups is 1. The van der Waals surface area contributed by atoms with Gasteiger partial charge >= 0.3 is 0 Å². The molecule has 0 spiro atoms. The van der Waals surface area contributed by atoms with Gasteiger partial charge in [0.1, 0.15) is 11.9 Å². The molecule has 0 saturated carbocycles. The van der Waals surface area contributed by atoms with Gasteiger partial charge in [-0.15, -0.1) is 0 Å². The fraction of sp³-hybridized carbons (Fsp3) is 0.300. The number of benzene rings is 1. The molecule has 2 rings (SSSR count). The van der Waals surface area contributed by atoms with Gasteiger partial charge in [-0.2, -0.15) is 0 Å². The number of imidazole rings is 1. The molecule has 2 aromatic rings. The fourth-order valence-electron chi connectivity index (χ4n) is 1.40. The molecular formula is C10H11ClN2O. The predicted octanol–water partition coefficient (Wildman–Crippen LogP) is 2.58. The molecule has 0 aliphatic rings. The molecule has 0 unspecified atom stereocenters. The van der Waals surface area contributed by atoms with Crippen molar-refractivity contribution in [2.45, 2.75) is 20.0 Å². The van der Waals surface area contributed by atoms with Crippen LogP contribution in [0.5, 0.6) is 0 Å². The molecule has 1 aromatic heterocycles. The summed E-state index contributed by atoms with van der Waals surface area (Å²) in [6.45, 7) is 3.59. The Morgan fingerprint density at radius 2 is 2.21 bits per heavy atom. The summed E-state index contributed by atoms with van der Waals surface area (Å²) in [6.07, 6.45) is -0.583. The van der Waals surface area contributed by atoms with Crippen LogP contribution in [0, 0.1) is 6.92 Å². The van der Waals surface area contributed by atoms with E-state index in [0.717, 1.165) is 16.6 Å². The molecule has 2 N–H and O–H groups in total. The lowest BCUT2D eigenvalue weighted by Gasteiger charge is -1.96. The molecule has 0 saturated heterocycles. The van der Waals surface area contributed by atoms with E-state index >= 15 is 0 Å². The number of aryl methyl sites for hydroxylation is 1. The first kappa shape index (κ1) is 9.49. The lowest BCUT2D eigenvalue weighted by molar-refractivity contribution is 0.190. The molecule has 1 atom stereocenters. The smallest absolute Gasteiger partial charge is 0.135 e. The molecule has 0 aliphatic carbocycles. The lowest BCUT2D eigenvalue weighted by Crippen LogP contribution is -1.92. The van der Waals surface area contributed by atoms with Crippen LogP contribution in [0.25, 0.3) is 11.0 Å². The van der Waals surface area contributed by atoms with Gasteiger partial charge in [0.05, 0.1) is 11.0 Å². The van der Waals surface area contributed by atoms with Gasteiger partial charge in [-0.05, 0) is 31.5 Å². The lowest BCUT2D eigenvalue weighted by atomic mass is 10.2. The number of fused-ring (bicyclic) bond motifs is 1. The first-order chi connectivity index (χ1) is 6.59. The molecule has 0 aliphatic heterocycles. The Morgan fingerprint density at radius 1 is 1.50 bits per heavy atom. The maximum absolute atomic E-state index is 9.36. The molecule has 1 aromatic carbocycles. The van der Waals surface area contributed by atoms with Crippen molar-refractivity contribution < 1.29 is 5.11 Å². The van der Waals surface area contributed by atoms with E-state index in [2.05, 4.69) is 9.97 Å². The zero-order valence-corrected chi connectivity index (χ0v) is 8.76. The number of rotatable bonds is 1. The summed E-state index contributed by atoms with van der Waals surface area (Å²) in [4.78, 5) is 7.33. The molecule has 4 heteroatoms. The van der Waals surface area contributed by atoms with E-state index in [1.54, 1.807) is 6.92 Å². The summed E-state index contributed by atoms with van der Waals surface area (Å²) in [6, 6.07) is 3.69. The van der Waals surface area contributed by atoms with Crippen LogP contribution in [0.2, 0.25) is 5.02 Å². The highest BCUT2D eigenvalue weighted by Gasteiger charge is 2.10. The zero-order valence-electron chi connectivity index (χ0n) is 8.00. The highest BCUT2D eigenvalue weighted by molar-refractivity contribution is 6.32. The number of aliphatic hydroxyl groups excluding tert-OH is 1. The molecule has 14 heavy (non-hydrogen) atoms. The first-order valence-corrected chi connectivity index (χ1v) is 4.80. The quantitative estimate of drug-likeness (QED) is 0.760. The molecule has 1 heterocycles. The van der Waals surface area contributed by atoms with Crippen LogP contribution in [0.15, 0.2) is 12.1 Å². The minimum absolute atomic E-state index is 0.574. The van der Waals surface area contributed by atoms with E-state index in [0.29, 0.717) is 10.8 Å². The number of halogens is 1. The number of aromatic amines is 1. The Labute approximate surface area is 86.7 Å². The number of hydrogen-bond acceptors (Lipinski definition) is 2. The van der Waals surface area contributed by atoms with Crippen LogP contribution < -0.4 is 0 Å². The number of H-pyrrole nitrogens is 1. The minimum atomic E-state index is -0.583. The zero-order chi connectivity index (χ0) is 10.3. The molecule has 3 nitrogen and oxygen atoms in total. The fourth-order valence-corrected chi connectivity index (χ4v) is 1.56. The van der Waals surface area contributed by atoms with Crippen molar-refractivity contribution in [3.63, 3.8) is 0 Å². The number of aromatic nitrogens is 2. The van der Waals surface area contributed by atoms with Gasteiger partial charge in [-0.1, -0.05) is 11.6 Å². The monoisotopic (exact) mass is 210 g/mol. The van der Waals surface area contributed by atoms with Crippen LogP contribution in [0.3, 0.4) is 0 Å². The van der Waals surface area contributed by atoms with Gasteiger partial charge in [0.15, 0.2) is 0 Å². The van der Waals surface area contributed by atoms with E-state index in [9.17, 15) is 5.11 Å². The molecule has 0 amide bonds. The topological polar surface area (TPSA) is 48.9 Å². The summed E-state index contributed by atoms with van der Waals surface area (Å²) in [5, 5.41) is 10.1. The Bertz CT molecular complexity index is 476. The van der Waals surface area contributed by atoms with Crippen LogP contribution >= 0.6 is 11.6 Å². The van der Waals surface area contributed by atoms with Gasteiger partial charge in [0.2, 0.25) is 0 Å². The Morgan fingerprint density at radius 3 is 2.86 bits per heavy atom. The summed E-state index contributed by atoms with van der Waals surface area (Å²) in [5.74, 6) is 0.574.